The molecule has 4 nitrogen and oxygen atoms in total. The first kappa shape index (κ1) is 13.2. The molecule has 1 rings (SSSR count). The molecular weight excluding hydrogens is 254 g/mol. The molecule has 0 aromatic rings. The highest BCUT2D eigenvalue weighted by molar-refractivity contribution is 8.13. The summed E-state index contributed by atoms with van der Waals surface area (Å²) in [7, 11) is 0. The first-order chi connectivity index (χ1) is 5.86. The third-order valence-corrected chi connectivity index (χ3v) is 2.35. The maximum atomic E-state index is 8.61. The number of nitrogens with one attached hydrogen (secondary N) is 1. The molecule has 0 aromatic carbocycles. The fourth-order valence-electron chi connectivity index (χ4n) is 1.03. The normalized spacial score (nSPS) is 17.2. The minimum atomic E-state index is 0. The van der Waals surface area contributed by atoms with Crippen LogP contribution in [0.25, 0.3) is 0 Å². The molecule has 13 heavy (non-hydrogen) atoms. The van der Waals surface area contributed by atoms with Crippen LogP contribution in [0.4, 0.5) is 0 Å². The predicted molar refractivity (Wildman–Crippen MR) is 52.2 cm³/mol. The maximum absolute atomic E-state index is 8.61. The number of hydrogen-bond acceptors (Lipinski definition) is 5. The van der Waals surface area contributed by atoms with Crippen LogP contribution in [0.2, 0.25) is 0 Å². The molecule has 6 heteroatoms. The zero-order valence-electron chi connectivity index (χ0n) is 7.66. The van der Waals surface area contributed by atoms with E-state index in [0.717, 1.165) is 31.5 Å². The minimum absolute atomic E-state index is 0. The summed E-state index contributed by atoms with van der Waals surface area (Å²) >= 11 is 1.63. The predicted octanol–water partition coefficient (Wildman–Crippen LogP) is -3.09. The second-order valence-corrected chi connectivity index (χ2v) is 3.41. The van der Waals surface area contributed by atoms with E-state index in [-0.39, 0.29) is 23.6 Å². The lowest BCUT2D eigenvalue weighted by Gasteiger charge is -2.25. The number of rotatable bonds is 3. The van der Waals surface area contributed by atoms with Crippen molar-refractivity contribution in [3.05, 3.63) is 0 Å². The van der Waals surface area contributed by atoms with E-state index in [0.29, 0.717) is 0 Å². The van der Waals surface area contributed by atoms with E-state index >= 15 is 0 Å². The molecule has 0 saturated carbocycles. The molecule has 2 N–H and O–H groups in total. The fourth-order valence-corrected chi connectivity index (χ4v) is 1.43. The van der Waals surface area contributed by atoms with Gasteiger partial charge in [-0.2, -0.15) is 0 Å². The number of aliphatic hydroxyl groups is 1. The van der Waals surface area contributed by atoms with Gasteiger partial charge in [-0.05, 0) is 12.7 Å². The van der Waals surface area contributed by atoms with Crippen LogP contribution in [0.3, 0.4) is 0 Å². The molecule has 0 amide bonds. The van der Waals surface area contributed by atoms with Crippen molar-refractivity contribution < 1.29 is 22.1 Å². The van der Waals surface area contributed by atoms with Gasteiger partial charge in [0.05, 0.1) is 13.3 Å². The monoisotopic (exact) mass is 268 g/mol. The summed E-state index contributed by atoms with van der Waals surface area (Å²) < 4.78 is 0. The highest BCUT2D eigenvalue weighted by Crippen LogP contribution is 2.02. The Hall–Kier alpha value is 0.220. The lowest BCUT2D eigenvalue weighted by Crippen LogP contribution is -3.00. The Morgan fingerprint density at radius 1 is 1.69 bits per heavy atom. The number of hydrogen-bond donors (Lipinski definition) is 2. The summed E-state index contributed by atoms with van der Waals surface area (Å²) in [5, 5.41) is 12.8. The van der Waals surface area contributed by atoms with Crippen molar-refractivity contribution in [2.45, 2.75) is 6.42 Å². The van der Waals surface area contributed by atoms with Crippen LogP contribution in [0, 0.1) is 0 Å². The molecule has 0 saturated heterocycles. The van der Waals surface area contributed by atoms with Crippen molar-refractivity contribution in [2.75, 3.05) is 32.7 Å². The highest BCUT2D eigenvalue weighted by atomic mass is 79.9. The molecule has 0 spiro atoms. The van der Waals surface area contributed by atoms with Gasteiger partial charge in [0.15, 0.2) is 5.17 Å². The van der Waals surface area contributed by atoms with Crippen molar-refractivity contribution in [2.24, 2.45) is 4.99 Å². The molecule has 0 radical (unpaired) electrons. The Kier molecular flexibility index (Phi) is 7.74. The molecule has 0 atom stereocenters. The number of aliphatic hydroxyl groups excluding tert-OH is 1. The van der Waals surface area contributed by atoms with Gasteiger partial charge in [0.2, 0.25) is 0 Å². The zero-order valence-corrected chi connectivity index (χ0v) is 10.1. The molecule has 1 heterocycles. The van der Waals surface area contributed by atoms with E-state index in [2.05, 4.69) is 15.2 Å². The van der Waals surface area contributed by atoms with Crippen LogP contribution in [0.5, 0.6) is 0 Å². The van der Waals surface area contributed by atoms with Gasteiger partial charge in [0, 0.05) is 13.2 Å². The minimum Gasteiger partial charge on any atom is -1.00 e. The average Bonchev–Trinajstić information content (AvgIpc) is 2.15. The standard InChI is InChI=1S/C7H15N3OS.BrH/c1-12-7-8-5-10(6-9-7)3-2-4-11;/h11H,2-6H2,1H3,(H,8,9);1H/p-1. The summed E-state index contributed by atoms with van der Waals surface area (Å²) in [5.74, 6) is 0. The highest BCUT2D eigenvalue weighted by Gasteiger charge is 2.09. The van der Waals surface area contributed by atoms with E-state index in [9.17, 15) is 0 Å². The average molecular weight is 269 g/mol. The van der Waals surface area contributed by atoms with Crippen LogP contribution in [-0.2, 0) is 0 Å². The van der Waals surface area contributed by atoms with Crippen LogP contribution < -0.4 is 22.3 Å². The molecule has 1 aliphatic heterocycles. The summed E-state index contributed by atoms with van der Waals surface area (Å²) in [6.07, 6.45) is 2.83. The lowest BCUT2D eigenvalue weighted by molar-refractivity contribution is -0.00000379. The SMILES string of the molecule is CSC1=NCN(CCCO)CN1.[Br-]. The van der Waals surface area contributed by atoms with Crippen LogP contribution in [-0.4, -0.2) is 47.9 Å². The number of nitrogens with zero attached hydrogens (tertiary/aromatic N) is 2. The molecule has 0 unspecified atom stereocenters. The second kappa shape index (κ2) is 7.61. The number of thioether (sulfide) groups is 1. The zero-order chi connectivity index (χ0) is 8.81. The van der Waals surface area contributed by atoms with E-state index in [1.807, 2.05) is 6.26 Å². The summed E-state index contributed by atoms with van der Waals surface area (Å²) in [4.78, 5) is 6.46. The second-order valence-electron chi connectivity index (χ2n) is 2.62. The van der Waals surface area contributed by atoms with Gasteiger partial charge in [-0.1, -0.05) is 11.8 Å². The van der Waals surface area contributed by atoms with Crippen LogP contribution >= 0.6 is 11.8 Å². The Bertz CT molecular complexity index is 168. The largest absolute Gasteiger partial charge is 1.00 e. The van der Waals surface area contributed by atoms with Crippen molar-refractivity contribution >= 4 is 16.9 Å². The van der Waals surface area contributed by atoms with Crippen LogP contribution in [0.1, 0.15) is 6.42 Å². The summed E-state index contributed by atoms with van der Waals surface area (Å²) in [5.41, 5.74) is 0. The van der Waals surface area contributed by atoms with E-state index in [1.165, 1.54) is 0 Å². The Morgan fingerprint density at radius 3 is 2.92 bits per heavy atom. The van der Waals surface area contributed by atoms with Gasteiger partial charge in [-0.25, -0.2) is 4.99 Å². The van der Waals surface area contributed by atoms with Gasteiger partial charge in [-0.15, -0.1) is 0 Å². The van der Waals surface area contributed by atoms with E-state index in [1.54, 1.807) is 11.8 Å². The molecule has 78 valence electrons. The third kappa shape index (κ3) is 4.85. The Labute approximate surface area is 93.6 Å². The smallest absolute Gasteiger partial charge is 0.158 e. The van der Waals surface area contributed by atoms with Gasteiger partial charge in [0.25, 0.3) is 0 Å². The quantitative estimate of drug-likeness (QED) is 0.570. The van der Waals surface area contributed by atoms with Gasteiger partial charge in [0.1, 0.15) is 0 Å². The van der Waals surface area contributed by atoms with Crippen molar-refractivity contribution in [1.29, 1.82) is 0 Å². The molecule has 0 aromatic heterocycles. The topological polar surface area (TPSA) is 47.9 Å². The van der Waals surface area contributed by atoms with Gasteiger partial charge >= 0.3 is 0 Å². The molecule has 0 bridgehead atoms. The summed E-state index contributed by atoms with van der Waals surface area (Å²) in [6, 6.07) is 0. The van der Waals surface area contributed by atoms with E-state index < -0.39 is 0 Å². The van der Waals surface area contributed by atoms with Crippen molar-refractivity contribution in [3.8, 4) is 0 Å². The first-order valence-corrected chi connectivity index (χ1v) is 5.25. The molecule has 1 aliphatic rings. The Balaban J connectivity index is 0.00000144. The third-order valence-electron chi connectivity index (χ3n) is 1.69. The van der Waals surface area contributed by atoms with Gasteiger partial charge < -0.3 is 27.4 Å². The van der Waals surface area contributed by atoms with E-state index in [4.69, 9.17) is 5.11 Å². The van der Waals surface area contributed by atoms with Crippen molar-refractivity contribution in [1.82, 2.24) is 10.2 Å². The fraction of sp³-hybridized carbons (Fsp3) is 0.857. The lowest BCUT2D eigenvalue weighted by atomic mass is 10.4. The Morgan fingerprint density at radius 2 is 2.46 bits per heavy atom. The molecule has 0 fully saturated rings. The van der Waals surface area contributed by atoms with Gasteiger partial charge in [-0.3, -0.25) is 4.90 Å². The van der Waals surface area contributed by atoms with Crippen LogP contribution in [0.15, 0.2) is 4.99 Å². The van der Waals surface area contributed by atoms with Crippen molar-refractivity contribution in [3.63, 3.8) is 0 Å². The summed E-state index contributed by atoms with van der Waals surface area (Å²) in [6.45, 7) is 2.77. The number of aliphatic imine (C=N–C) groups is 1. The molecular formula is C7H15BrN3OS-. The number of halogens is 1. The first-order valence-electron chi connectivity index (χ1n) is 4.02. The number of amidine groups is 1. The molecule has 0 aliphatic carbocycles. The maximum Gasteiger partial charge on any atom is 0.158 e.